The second kappa shape index (κ2) is 7.37. The number of nitrogens with zero attached hydrogens (tertiary/aromatic N) is 5. The van der Waals surface area contributed by atoms with Crippen LogP contribution in [0.5, 0.6) is 0 Å². The Kier molecular flexibility index (Phi) is 4.57. The van der Waals surface area contributed by atoms with E-state index in [0.717, 1.165) is 48.9 Å². The number of nitriles is 1. The zero-order chi connectivity index (χ0) is 19.8. The average Bonchev–Trinajstić information content (AvgIpc) is 2.74. The predicted octanol–water partition coefficient (Wildman–Crippen LogP) is 3.31. The summed E-state index contributed by atoms with van der Waals surface area (Å²) in [5.74, 6) is 0.906. The van der Waals surface area contributed by atoms with E-state index in [1.807, 2.05) is 30.6 Å². The minimum Gasteiger partial charge on any atom is -0.387 e. The van der Waals surface area contributed by atoms with Crippen LogP contribution in [0, 0.1) is 11.3 Å². The largest absolute Gasteiger partial charge is 0.387 e. The number of piperazine rings is 1. The van der Waals surface area contributed by atoms with Gasteiger partial charge in [-0.3, -0.25) is 9.88 Å². The molecule has 2 unspecified atom stereocenters. The van der Waals surface area contributed by atoms with Crippen LogP contribution >= 0.6 is 0 Å². The monoisotopic (exact) mass is 388 g/mol. The number of aromatic nitrogens is 2. The molecule has 0 bridgehead atoms. The van der Waals surface area contributed by atoms with Crippen molar-refractivity contribution in [3.8, 4) is 6.07 Å². The highest BCUT2D eigenvalue weighted by Crippen LogP contribution is 2.37. The molecule has 4 heterocycles. The van der Waals surface area contributed by atoms with Gasteiger partial charge in [-0.05, 0) is 36.6 Å². The molecule has 2 atom stereocenters. The van der Waals surface area contributed by atoms with Gasteiger partial charge in [-0.2, -0.15) is 5.26 Å². The first-order chi connectivity index (χ1) is 14.2. The highest BCUT2D eigenvalue weighted by molar-refractivity contribution is 5.66. The summed E-state index contributed by atoms with van der Waals surface area (Å²) in [6, 6.07) is 9.13. The quantitative estimate of drug-likeness (QED) is 0.861. The molecule has 148 valence electrons. The third kappa shape index (κ3) is 3.30. The number of allylic oxidation sites excluding steroid dienone is 1. The van der Waals surface area contributed by atoms with E-state index >= 15 is 0 Å². The highest BCUT2D eigenvalue weighted by Gasteiger charge is 2.42. The van der Waals surface area contributed by atoms with Crippen LogP contribution in [0.25, 0.3) is 6.08 Å². The summed E-state index contributed by atoms with van der Waals surface area (Å²) < 4.78 is 0. The molecule has 0 radical (unpaired) electrons. The molecule has 5 rings (SSSR count). The van der Waals surface area contributed by atoms with E-state index < -0.39 is 0 Å². The number of nitrogens with one attached hydrogen (secondary N) is 1. The summed E-state index contributed by atoms with van der Waals surface area (Å²) >= 11 is 0. The van der Waals surface area contributed by atoms with Crippen LogP contribution < -0.4 is 10.4 Å². The van der Waals surface area contributed by atoms with Crippen LogP contribution in [0.15, 0.2) is 36.4 Å². The molecule has 2 fully saturated rings. The van der Waals surface area contributed by atoms with Crippen LogP contribution in [-0.4, -0.2) is 40.0 Å². The Bertz CT molecular complexity index is 980. The number of pyridine rings is 2. The summed E-state index contributed by atoms with van der Waals surface area (Å²) in [6.45, 7) is 4.93. The van der Waals surface area contributed by atoms with E-state index in [-0.39, 0.29) is 0 Å². The fraction of sp³-hybridized carbons (Fsp3) is 0.409. The molecule has 1 saturated heterocycles. The fourth-order valence-corrected chi connectivity index (χ4v) is 4.47. The summed E-state index contributed by atoms with van der Waals surface area (Å²) in [7, 11) is 0. The summed E-state index contributed by atoms with van der Waals surface area (Å²) in [5.41, 5.74) is 7.69. The molecule has 0 spiro atoms. The Hall–Kier alpha value is -3.11. The lowest BCUT2D eigenvalue weighted by Gasteiger charge is -2.54. The molecule has 0 aromatic carbocycles. The number of hydrogen-bond acceptors (Lipinski definition) is 7. The molecular weight excluding hydrogens is 364 g/mol. The maximum atomic E-state index is 8.97. The number of hydrogen-bond donors (Lipinski definition) is 1. The summed E-state index contributed by atoms with van der Waals surface area (Å²) in [6.07, 6.45) is 9.08. The van der Waals surface area contributed by atoms with Crippen molar-refractivity contribution >= 4 is 17.5 Å². The van der Waals surface area contributed by atoms with Gasteiger partial charge in [-0.1, -0.05) is 6.92 Å². The van der Waals surface area contributed by atoms with Gasteiger partial charge in [0.15, 0.2) is 0 Å². The van der Waals surface area contributed by atoms with Crippen molar-refractivity contribution in [3.05, 3.63) is 53.3 Å². The second-order valence-corrected chi connectivity index (χ2v) is 7.83. The molecule has 29 heavy (non-hydrogen) atoms. The Labute approximate surface area is 170 Å². The van der Waals surface area contributed by atoms with E-state index in [2.05, 4.69) is 44.3 Å². The van der Waals surface area contributed by atoms with Gasteiger partial charge in [0.25, 0.3) is 0 Å². The molecule has 1 aliphatic carbocycles. The summed E-state index contributed by atoms with van der Waals surface area (Å²) in [4.78, 5) is 19.5. The van der Waals surface area contributed by atoms with E-state index in [1.165, 1.54) is 18.4 Å². The van der Waals surface area contributed by atoms with E-state index in [9.17, 15) is 0 Å². The standard InChI is InChI=1S/C22H24N6O/c1-2-18-10-19-20(26-29-18)9-15(12-25-19)14-27-7-8-28(22-6-5-21(22)27)17-4-3-16(11-23)24-13-17/h3-4,9-10,12-13,21-22,26H,2,5-8,14H2,1H3. The molecule has 1 N–H and O–H groups in total. The first-order valence-corrected chi connectivity index (χ1v) is 10.2. The van der Waals surface area contributed by atoms with Gasteiger partial charge in [0.05, 0.1) is 23.3 Å². The molecule has 2 aromatic rings. The minimum atomic E-state index is 0.468. The lowest BCUT2D eigenvalue weighted by Crippen LogP contribution is -2.64. The third-order valence-electron chi connectivity index (χ3n) is 6.19. The molecule has 3 aliphatic rings. The number of fused-ring (bicyclic) bond motifs is 2. The Balaban J connectivity index is 1.28. The maximum Gasteiger partial charge on any atom is 0.140 e. The van der Waals surface area contributed by atoms with Crippen LogP contribution in [0.3, 0.4) is 0 Å². The van der Waals surface area contributed by atoms with Gasteiger partial charge < -0.3 is 9.74 Å². The van der Waals surface area contributed by atoms with Crippen LogP contribution in [-0.2, 0) is 11.4 Å². The Morgan fingerprint density at radius 3 is 2.83 bits per heavy atom. The first kappa shape index (κ1) is 18.0. The topological polar surface area (TPSA) is 77.3 Å². The van der Waals surface area contributed by atoms with Crippen molar-refractivity contribution in [1.82, 2.24) is 14.9 Å². The smallest absolute Gasteiger partial charge is 0.140 e. The Morgan fingerprint density at radius 1 is 1.21 bits per heavy atom. The van der Waals surface area contributed by atoms with E-state index in [1.54, 1.807) is 0 Å². The van der Waals surface area contributed by atoms with Crippen molar-refractivity contribution in [1.29, 1.82) is 5.26 Å². The SMILES string of the molecule is CCC1=Cc2ncc(CN3CCN(c4ccc(C#N)nc4)C4CCC43)cc2NO1. The molecular formula is C22H24N6O. The van der Waals surface area contributed by atoms with Crippen molar-refractivity contribution in [2.24, 2.45) is 0 Å². The third-order valence-corrected chi connectivity index (χ3v) is 6.19. The van der Waals surface area contributed by atoms with Crippen molar-refractivity contribution in [3.63, 3.8) is 0 Å². The molecule has 2 aromatic heterocycles. The Morgan fingerprint density at radius 2 is 2.10 bits per heavy atom. The van der Waals surface area contributed by atoms with Gasteiger partial charge in [-0.15, -0.1) is 0 Å². The van der Waals surface area contributed by atoms with Gasteiger partial charge in [0.1, 0.15) is 17.5 Å². The normalized spacial score (nSPS) is 22.9. The fourth-order valence-electron chi connectivity index (χ4n) is 4.47. The average molecular weight is 388 g/mol. The van der Waals surface area contributed by atoms with E-state index in [4.69, 9.17) is 10.1 Å². The van der Waals surface area contributed by atoms with Gasteiger partial charge >= 0.3 is 0 Å². The molecule has 0 amide bonds. The van der Waals surface area contributed by atoms with Crippen molar-refractivity contribution in [2.45, 2.75) is 44.8 Å². The molecule has 1 saturated carbocycles. The van der Waals surface area contributed by atoms with Crippen molar-refractivity contribution < 1.29 is 4.84 Å². The summed E-state index contributed by atoms with van der Waals surface area (Å²) in [5, 5.41) is 8.97. The molecule has 7 heteroatoms. The number of anilines is 2. The minimum absolute atomic E-state index is 0.468. The van der Waals surface area contributed by atoms with Crippen LogP contribution in [0.1, 0.15) is 43.1 Å². The van der Waals surface area contributed by atoms with Crippen LogP contribution in [0.4, 0.5) is 11.4 Å². The molecule has 2 aliphatic heterocycles. The zero-order valence-electron chi connectivity index (χ0n) is 16.5. The number of rotatable bonds is 4. The molecule has 7 nitrogen and oxygen atoms in total. The van der Waals surface area contributed by atoms with Gasteiger partial charge in [0, 0.05) is 50.4 Å². The maximum absolute atomic E-state index is 8.97. The lowest BCUT2D eigenvalue weighted by molar-refractivity contribution is 0.0658. The lowest BCUT2D eigenvalue weighted by atomic mass is 9.81. The van der Waals surface area contributed by atoms with Crippen molar-refractivity contribution in [2.75, 3.05) is 23.5 Å². The highest BCUT2D eigenvalue weighted by atomic mass is 16.6. The van der Waals surface area contributed by atoms with Gasteiger partial charge in [-0.25, -0.2) is 10.5 Å². The second-order valence-electron chi connectivity index (χ2n) is 7.83. The zero-order valence-corrected chi connectivity index (χ0v) is 16.5. The first-order valence-electron chi connectivity index (χ1n) is 10.2. The predicted molar refractivity (Wildman–Crippen MR) is 111 cm³/mol. The van der Waals surface area contributed by atoms with E-state index in [0.29, 0.717) is 17.8 Å². The van der Waals surface area contributed by atoms with Crippen LogP contribution in [0.2, 0.25) is 0 Å². The van der Waals surface area contributed by atoms with Gasteiger partial charge in [0.2, 0.25) is 0 Å².